The van der Waals surface area contributed by atoms with E-state index in [0.29, 0.717) is 4.47 Å². The molecule has 3 aromatic rings. The number of carboxylic acids is 1. The number of aliphatic carboxylic acids is 1. The zero-order valence-electron chi connectivity index (χ0n) is 24.0. The maximum atomic E-state index is 13.8. The third-order valence-electron chi connectivity index (χ3n) is 5.86. The normalized spacial score (nSPS) is 12.3. The highest BCUT2D eigenvalue weighted by Gasteiger charge is 2.29. The Morgan fingerprint density at radius 2 is 1.63 bits per heavy atom. The molecule has 0 unspecified atom stereocenters. The van der Waals surface area contributed by atoms with E-state index in [0.717, 1.165) is 16.0 Å². The molecule has 0 aliphatic carbocycles. The summed E-state index contributed by atoms with van der Waals surface area (Å²) in [5.41, 5.74) is 1.22. The third kappa shape index (κ3) is 8.82. The lowest BCUT2D eigenvalue weighted by atomic mass is 9.87. The van der Waals surface area contributed by atoms with Crippen LogP contribution < -0.4 is 4.90 Å². The topological polar surface area (TPSA) is 130 Å². The molecule has 220 valence electrons. The van der Waals surface area contributed by atoms with Crippen molar-refractivity contribution in [3.8, 4) is 0 Å². The number of rotatable bonds is 9. The third-order valence-corrected chi connectivity index (χ3v) is 8.36. The van der Waals surface area contributed by atoms with Crippen LogP contribution >= 0.6 is 15.9 Å². The number of benzene rings is 1. The second-order valence-corrected chi connectivity index (χ2v) is 14.3. The molecule has 0 bridgehead atoms. The molecule has 0 atom stereocenters. The summed E-state index contributed by atoms with van der Waals surface area (Å²) in [6.07, 6.45) is 1.88. The molecule has 0 saturated heterocycles. The summed E-state index contributed by atoms with van der Waals surface area (Å²) >= 11 is 3.44. The zero-order valence-corrected chi connectivity index (χ0v) is 26.4. The van der Waals surface area contributed by atoms with Gasteiger partial charge in [-0.15, -0.1) is 0 Å². The quantitative estimate of drug-likeness (QED) is 0.311. The number of anilines is 1. The van der Waals surface area contributed by atoms with E-state index in [-0.39, 0.29) is 34.9 Å². The largest absolute Gasteiger partial charge is 0.480 e. The molecule has 2 aromatic heterocycles. The van der Waals surface area contributed by atoms with Gasteiger partial charge in [-0.1, -0.05) is 45.0 Å². The summed E-state index contributed by atoms with van der Waals surface area (Å²) in [4.78, 5) is 33.8. The van der Waals surface area contributed by atoms with Crippen LogP contribution in [-0.2, 0) is 38.1 Å². The first-order chi connectivity index (χ1) is 19.0. The van der Waals surface area contributed by atoms with Gasteiger partial charge in [0.05, 0.1) is 12.2 Å². The molecule has 0 fully saturated rings. The number of nitrogens with zero attached hydrogens (tertiary/aromatic N) is 4. The fraction of sp³-hybridized carbons (Fsp3) is 0.379. The minimum atomic E-state index is -4.03. The highest BCUT2D eigenvalue weighted by Crippen LogP contribution is 2.28. The van der Waals surface area contributed by atoms with Crippen molar-refractivity contribution in [3.63, 3.8) is 0 Å². The minimum absolute atomic E-state index is 0.00751. The van der Waals surface area contributed by atoms with Gasteiger partial charge in [-0.25, -0.2) is 18.2 Å². The first-order valence-corrected chi connectivity index (χ1v) is 15.1. The monoisotopic (exact) mass is 646 g/mol. The Bertz CT molecular complexity index is 1480. The van der Waals surface area contributed by atoms with Gasteiger partial charge >= 0.3 is 12.1 Å². The van der Waals surface area contributed by atoms with Crippen molar-refractivity contribution in [1.82, 2.24) is 14.3 Å². The smallest absolute Gasteiger partial charge is 0.416 e. The lowest BCUT2D eigenvalue weighted by Crippen LogP contribution is -2.40. The van der Waals surface area contributed by atoms with Crippen LogP contribution in [0.3, 0.4) is 0 Å². The number of carboxylic acid groups (broad SMARTS) is 1. The second kappa shape index (κ2) is 12.7. The fourth-order valence-electron chi connectivity index (χ4n) is 3.78. The molecule has 10 nitrogen and oxygen atoms in total. The van der Waals surface area contributed by atoms with Gasteiger partial charge in [0.15, 0.2) is 0 Å². The Balaban J connectivity index is 2.04. The van der Waals surface area contributed by atoms with Crippen LogP contribution in [0.25, 0.3) is 0 Å². The van der Waals surface area contributed by atoms with Crippen LogP contribution in [0.15, 0.2) is 70.3 Å². The van der Waals surface area contributed by atoms with Crippen molar-refractivity contribution in [1.29, 1.82) is 0 Å². The lowest BCUT2D eigenvalue weighted by Gasteiger charge is -2.27. The maximum absolute atomic E-state index is 13.8. The van der Waals surface area contributed by atoms with Crippen LogP contribution in [0.2, 0.25) is 0 Å². The number of ether oxygens (including phenoxy) is 1. The summed E-state index contributed by atoms with van der Waals surface area (Å²) in [6.45, 7) is 10.5. The highest BCUT2D eigenvalue weighted by atomic mass is 79.9. The van der Waals surface area contributed by atoms with Crippen LogP contribution in [0, 0.1) is 0 Å². The molecule has 0 radical (unpaired) electrons. The molecule has 3 rings (SSSR count). The van der Waals surface area contributed by atoms with Crippen molar-refractivity contribution >= 4 is 43.8 Å². The van der Waals surface area contributed by atoms with E-state index in [1.54, 1.807) is 32.9 Å². The van der Waals surface area contributed by atoms with E-state index >= 15 is 0 Å². The molecular formula is C29H35BrN4O6S. The van der Waals surface area contributed by atoms with Crippen LogP contribution in [0.5, 0.6) is 0 Å². The zero-order chi connectivity index (χ0) is 30.6. The molecule has 0 saturated carbocycles. The maximum Gasteiger partial charge on any atom is 0.416 e. The highest BCUT2D eigenvalue weighted by molar-refractivity contribution is 9.10. The summed E-state index contributed by atoms with van der Waals surface area (Å²) in [5, 5.41) is 9.45. The summed E-state index contributed by atoms with van der Waals surface area (Å²) in [5.74, 6) is -1.25. The molecule has 2 heterocycles. The number of halogens is 1. The first-order valence-electron chi connectivity index (χ1n) is 12.8. The summed E-state index contributed by atoms with van der Waals surface area (Å²) in [7, 11) is -4.03. The van der Waals surface area contributed by atoms with E-state index in [1.165, 1.54) is 28.8 Å². The minimum Gasteiger partial charge on any atom is -0.480 e. The van der Waals surface area contributed by atoms with E-state index < -0.39 is 34.2 Å². The Morgan fingerprint density at radius 1 is 0.976 bits per heavy atom. The van der Waals surface area contributed by atoms with Crippen molar-refractivity contribution in [2.24, 2.45) is 0 Å². The first kappa shape index (κ1) is 32.2. The second-order valence-electron chi connectivity index (χ2n) is 11.5. The van der Waals surface area contributed by atoms with E-state index in [4.69, 9.17) is 4.74 Å². The average Bonchev–Trinajstić information content (AvgIpc) is 2.87. The number of hydrogen-bond acceptors (Lipinski definition) is 7. The fourth-order valence-corrected chi connectivity index (χ4v) is 5.48. The van der Waals surface area contributed by atoms with Crippen molar-refractivity contribution in [3.05, 3.63) is 82.2 Å². The standard InChI is InChI=1S/C29H35BrN4O6S/c1-28(2,3)21-11-9-20(10-12-21)17-33(41(38,39)22-8-7-15-31-16-22)18-24-23(30)13-14-25(32-24)34(19-26(35)36)27(37)40-29(4,5)6/h7-16H,17-19H2,1-6H3,(H,35,36). The number of amides is 1. The average molecular weight is 648 g/mol. The van der Waals surface area contributed by atoms with E-state index in [2.05, 4.69) is 46.7 Å². The predicted octanol–water partition coefficient (Wildman–Crippen LogP) is 5.75. The van der Waals surface area contributed by atoms with Gasteiger partial charge in [0.25, 0.3) is 0 Å². The Morgan fingerprint density at radius 3 is 2.17 bits per heavy atom. The molecule has 1 amide bonds. The molecule has 12 heteroatoms. The molecular weight excluding hydrogens is 612 g/mol. The van der Waals surface area contributed by atoms with E-state index in [9.17, 15) is 23.1 Å². The Labute approximate surface area is 249 Å². The molecule has 1 aromatic carbocycles. The van der Waals surface area contributed by atoms with Crippen LogP contribution in [0.1, 0.15) is 58.4 Å². The predicted molar refractivity (Wildman–Crippen MR) is 159 cm³/mol. The van der Waals surface area contributed by atoms with Gasteiger partial charge in [0, 0.05) is 23.4 Å². The van der Waals surface area contributed by atoms with Gasteiger partial charge in [0.1, 0.15) is 22.9 Å². The molecule has 0 aliphatic rings. The number of aromatic nitrogens is 2. The van der Waals surface area contributed by atoms with Gasteiger partial charge in [0.2, 0.25) is 10.0 Å². The van der Waals surface area contributed by atoms with Gasteiger partial charge < -0.3 is 9.84 Å². The number of pyridine rings is 2. The Hall–Kier alpha value is -3.35. The van der Waals surface area contributed by atoms with Crippen molar-refractivity contribution < 1.29 is 27.9 Å². The number of carbonyl (C=O) groups is 2. The number of carbonyl (C=O) groups excluding carboxylic acids is 1. The van der Waals surface area contributed by atoms with Gasteiger partial charge in [-0.05, 0) is 77.5 Å². The van der Waals surface area contributed by atoms with Gasteiger partial charge in [-0.2, -0.15) is 4.31 Å². The van der Waals surface area contributed by atoms with Crippen molar-refractivity contribution in [2.45, 2.75) is 70.5 Å². The van der Waals surface area contributed by atoms with Crippen LogP contribution in [0.4, 0.5) is 10.6 Å². The molecule has 0 spiro atoms. The number of hydrogen-bond donors (Lipinski definition) is 1. The summed E-state index contributed by atoms with van der Waals surface area (Å²) in [6, 6.07) is 13.8. The lowest BCUT2D eigenvalue weighted by molar-refractivity contribution is -0.135. The Kier molecular flexibility index (Phi) is 9.94. The van der Waals surface area contributed by atoms with Crippen molar-refractivity contribution in [2.75, 3.05) is 11.4 Å². The molecule has 1 N–H and O–H groups in total. The molecule has 0 aliphatic heterocycles. The van der Waals surface area contributed by atoms with Crippen LogP contribution in [-0.4, -0.2) is 52.0 Å². The van der Waals surface area contributed by atoms with E-state index in [1.807, 2.05) is 24.3 Å². The number of sulfonamides is 1. The molecule has 41 heavy (non-hydrogen) atoms. The van der Waals surface area contributed by atoms with Gasteiger partial charge in [-0.3, -0.25) is 14.7 Å². The summed E-state index contributed by atoms with van der Waals surface area (Å²) < 4.78 is 34.7. The SMILES string of the molecule is CC(C)(C)OC(=O)N(CC(=O)O)c1ccc(Br)c(CN(Cc2ccc(C(C)(C)C)cc2)S(=O)(=O)c2cccnc2)n1.